The van der Waals surface area contributed by atoms with Crippen molar-refractivity contribution >= 4 is 17.1 Å². The largest absolute Gasteiger partial charge is 0.399 e. The zero-order valence-electron chi connectivity index (χ0n) is 8.98. The molecule has 0 radical (unpaired) electrons. The first kappa shape index (κ1) is 10.4. The SMILES string of the molecule is Nc1ccc(Cc2ccc(N)cc2N)cc1. The van der Waals surface area contributed by atoms with Gasteiger partial charge in [-0.25, -0.2) is 0 Å². The fourth-order valence-electron chi connectivity index (χ4n) is 1.63. The van der Waals surface area contributed by atoms with Crippen molar-refractivity contribution in [2.45, 2.75) is 6.42 Å². The Morgan fingerprint density at radius 3 is 2.00 bits per heavy atom. The van der Waals surface area contributed by atoms with Crippen LogP contribution in [-0.4, -0.2) is 0 Å². The highest BCUT2D eigenvalue weighted by Gasteiger charge is 2.01. The average Bonchev–Trinajstić information content (AvgIpc) is 2.25. The van der Waals surface area contributed by atoms with Crippen molar-refractivity contribution in [3.63, 3.8) is 0 Å². The highest BCUT2D eigenvalue weighted by Crippen LogP contribution is 2.19. The van der Waals surface area contributed by atoms with E-state index in [1.54, 1.807) is 6.07 Å². The normalized spacial score (nSPS) is 10.2. The highest BCUT2D eigenvalue weighted by atomic mass is 14.6. The van der Waals surface area contributed by atoms with Crippen LogP contribution in [0.3, 0.4) is 0 Å². The van der Waals surface area contributed by atoms with Crippen LogP contribution in [0.4, 0.5) is 17.1 Å². The molecule has 0 aliphatic carbocycles. The van der Waals surface area contributed by atoms with Gasteiger partial charge in [-0.2, -0.15) is 0 Å². The van der Waals surface area contributed by atoms with Gasteiger partial charge in [0.25, 0.3) is 0 Å². The Morgan fingerprint density at radius 1 is 0.750 bits per heavy atom. The number of nitrogens with two attached hydrogens (primary N) is 3. The molecule has 0 unspecified atom stereocenters. The molecule has 0 aliphatic heterocycles. The van der Waals surface area contributed by atoms with E-state index in [-0.39, 0.29) is 0 Å². The van der Waals surface area contributed by atoms with Gasteiger partial charge in [0.2, 0.25) is 0 Å². The summed E-state index contributed by atoms with van der Waals surface area (Å²) in [5.41, 5.74) is 21.6. The molecule has 0 aromatic heterocycles. The lowest BCUT2D eigenvalue weighted by molar-refractivity contribution is 1.20. The lowest BCUT2D eigenvalue weighted by atomic mass is 10.0. The summed E-state index contributed by atoms with van der Waals surface area (Å²) >= 11 is 0. The van der Waals surface area contributed by atoms with Gasteiger partial charge < -0.3 is 17.2 Å². The Hall–Kier alpha value is -2.16. The van der Waals surface area contributed by atoms with E-state index in [4.69, 9.17) is 17.2 Å². The van der Waals surface area contributed by atoms with Crippen LogP contribution >= 0.6 is 0 Å². The van der Waals surface area contributed by atoms with Crippen molar-refractivity contribution in [1.82, 2.24) is 0 Å². The van der Waals surface area contributed by atoms with Crippen LogP contribution in [-0.2, 0) is 6.42 Å². The molecule has 2 aromatic carbocycles. The van der Waals surface area contributed by atoms with Crippen molar-refractivity contribution in [2.75, 3.05) is 17.2 Å². The van der Waals surface area contributed by atoms with Crippen LogP contribution in [0, 0.1) is 0 Å². The number of hydrogen-bond acceptors (Lipinski definition) is 3. The van der Waals surface area contributed by atoms with Crippen molar-refractivity contribution < 1.29 is 0 Å². The molecular formula is C13H15N3. The summed E-state index contributed by atoms with van der Waals surface area (Å²) in [5, 5.41) is 0. The minimum atomic E-state index is 0.693. The topological polar surface area (TPSA) is 78.1 Å². The first-order valence-electron chi connectivity index (χ1n) is 5.13. The van der Waals surface area contributed by atoms with Gasteiger partial charge in [-0.3, -0.25) is 0 Å². The fraction of sp³-hybridized carbons (Fsp3) is 0.0769. The molecule has 3 heteroatoms. The van der Waals surface area contributed by atoms with Crippen LogP contribution in [0.25, 0.3) is 0 Å². The Balaban J connectivity index is 2.23. The third kappa shape index (κ3) is 2.25. The second-order valence-corrected chi connectivity index (χ2v) is 3.88. The van der Waals surface area contributed by atoms with E-state index in [2.05, 4.69) is 0 Å². The van der Waals surface area contributed by atoms with Gasteiger partial charge in [0.05, 0.1) is 0 Å². The summed E-state index contributed by atoms with van der Waals surface area (Å²) in [5.74, 6) is 0. The summed E-state index contributed by atoms with van der Waals surface area (Å²) in [6.07, 6.45) is 0.798. The molecule has 0 saturated heterocycles. The standard InChI is InChI=1S/C13H15N3/c14-11-4-1-9(2-5-11)7-10-3-6-12(15)8-13(10)16/h1-6,8H,7,14-16H2. The van der Waals surface area contributed by atoms with Crippen LogP contribution < -0.4 is 17.2 Å². The maximum absolute atomic E-state index is 5.89. The maximum atomic E-state index is 5.89. The molecule has 0 saturated carbocycles. The Kier molecular flexibility index (Phi) is 2.68. The minimum Gasteiger partial charge on any atom is -0.399 e. The number of benzene rings is 2. The van der Waals surface area contributed by atoms with Crippen molar-refractivity contribution in [2.24, 2.45) is 0 Å². The van der Waals surface area contributed by atoms with Crippen LogP contribution in [0.1, 0.15) is 11.1 Å². The highest BCUT2D eigenvalue weighted by molar-refractivity contribution is 5.58. The van der Waals surface area contributed by atoms with Gasteiger partial charge in [-0.15, -0.1) is 0 Å². The molecule has 0 spiro atoms. The Morgan fingerprint density at radius 2 is 1.38 bits per heavy atom. The predicted molar refractivity (Wildman–Crippen MR) is 68.9 cm³/mol. The summed E-state index contributed by atoms with van der Waals surface area (Å²) in [7, 11) is 0. The van der Waals surface area contributed by atoms with E-state index in [9.17, 15) is 0 Å². The van der Waals surface area contributed by atoms with Crippen molar-refractivity contribution in [3.05, 3.63) is 53.6 Å². The molecule has 0 aliphatic rings. The Bertz CT molecular complexity index is 489. The summed E-state index contributed by atoms with van der Waals surface area (Å²) in [6, 6.07) is 13.4. The second-order valence-electron chi connectivity index (χ2n) is 3.88. The van der Waals surface area contributed by atoms with Gasteiger partial charge in [0, 0.05) is 17.1 Å². The molecule has 0 heterocycles. The van der Waals surface area contributed by atoms with Gasteiger partial charge in [0.15, 0.2) is 0 Å². The van der Waals surface area contributed by atoms with E-state index in [1.165, 1.54) is 5.56 Å². The van der Waals surface area contributed by atoms with E-state index < -0.39 is 0 Å². The van der Waals surface area contributed by atoms with Crippen LogP contribution in [0.2, 0.25) is 0 Å². The predicted octanol–water partition coefficient (Wildman–Crippen LogP) is 2.02. The third-order valence-corrected chi connectivity index (χ3v) is 2.54. The van der Waals surface area contributed by atoms with E-state index >= 15 is 0 Å². The fourth-order valence-corrected chi connectivity index (χ4v) is 1.63. The molecule has 2 rings (SSSR count). The second kappa shape index (κ2) is 4.14. The van der Waals surface area contributed by atoms with Gasteiger partial charge in [0.1, 0.15) is 0 Å². The van der Waals surface area contributed by atoms with Crippen LogP contribution in [0.15, 0.2) is 42.5 Å². The zero-order valence-corrected chi connectivity index (χ0v) is 8.98. The quantitative estimate of drug-likeness (QED) is 0.668. The number of anilines is 3. The number of hydrogen-bond donors (Lipinski definition) is 3. The van der Waals surface area contributed by atoms with Gasteiger partial charge >= 0.3 is 0 Å². The first-order chi connectivity index (χ1) is 7.65. The number of nitrogen functional groups attached to an aromatic ring is 3. The number of rotatable bonds is 2. The molecular weight excluding hydrogens is 198 g/mol. The average molecular weight is 213 g/mol. The monoisotopic (exact) mass is 213 g/mol. The van der Waals surface area contributed by atoms with Gasteiger partial charge in [-0.1, -0.05) is 18.2 Å². The summed E-state index contributed by atoms with van der Waals surface area (Å²) in [6.45, 7) is 0. The summed E-state index contributed by atoms with van der Waals surface area (Å²) < 4.78 is 0. The lowest BCUT2D eigenvalue weighted by Crippen LogP contribution is -1.97. The summed E-state index contributed by atoms with van der Waals surface area (Å²) in [4.78, 5) is 0. The molecule has 2 aromatic rings. The van der Waals surface area contributed by atoms with Crippen molar-refractivity contribution in [1.29, 1.82) is 0 Å². The molecule has 0 fully saturated rings. The zero-order chi connectivity index (χ0) is 11.5. The minimum absolute atomic E-state index is 0.693. The van der Waals surface area contributed by atoms with E-state index in [1.807, 2.05) is 36.4 Å². The smallest absolute Gasteiger partial charge is 0.0370 e. The molecule has 0 bridgehead atoms. The molecule has 0 atom stereocenters. The molecule has 3 nitrogen and oxygen atoms in total. The lowest BCUT2D eigenvalue weighted by Gasteiger charge is -2.07. The molecule has 6 N–H and O–H groups in total. The molecule has 82 valence electrons. The Labute approximate surface area is 94.9 Å². The molecule has 0 amide bonds. The van der Waals surface area contributed by atoms with Gasteiger partial charge in [-0.05, 0) is 41.8 Å². The maximum Gasteiger partial charge on any atom is 0.0370 e. The van der Waals surface area contributed by atoms with Crippen molar-refractivity contribution in [3.8, 4) is 0 Å². The van der Waals surface area contributed by atoms with E-state index in [0.717, 1.165) is 23.4 Å². The van der Waals surface area contributed by atoms with E-state index in [0.29, 0.717) is 5.69 Å². The molecule has 16 heavy (non-hydrogen) atoms. The van der Waals surface area contributed by atoms with Crippen LogP contribution in [0.5, 0.6) is 0 Å². The third-order valence-electron chi connectivity index (χ3n) is 2.54. The first-order valence-corrected chi connectivity index (χ1v) is 5.13.